The van der Waals surface area contributed by atoms with Crippen molar-refractivity contribution in [3.8, 4) is 5.75 Å². The quantitative estimate of drug-likeness (QED) is 0.737. The standard InChI is InChI=1S/C23H22Cl2N2O3/c24-14-3-1-13(2-4-14)17-9-18(17)23(29)27-10-19-20(11-27)22(19)26-21(28)12-30-16-7-5-15(25)6-8-16/h1-8,17-20,22H,9-12H2,(H,26,28)/t17?,18?,19-,20+,22-. The highest BCUT2D eigenvalue weighted by atomic mass is 35.5. The molecule has 156 valence electrons. The Hall–Kier alpha value is -2.24. The van der Waals surface area contributed by atoms with Crippen molar-refractivity contribution >= 4 is 35.0 Å². The fraction of sp³-hybridized carbons (Fsp3) is 0.391. The van der Waals surface area contributed by atoms with Gasteiger partial charge >= 0.3 is 0 Å². The van der Waals surface area contributed by atoms with E-state index in [2.05, 4.69) is 5.32 Å². The molecular weight excluding hydrogens is 423 g/mol. The van der Waals surface area contributed by atoms with E-state index in [9.17, 15) is 9.59 Å². The topological polar surface area (TPSA) is 58.6 Å². The van der Waals surface area contributed by atoms with Crippen LogP contribution in [-0.2, 0) is 9.59 Å². The molecule has 1 heterocycles. The van der Waals surface area contributed by atoms with Gasteiger partial charge in [0.15, 0.2) is 6.61 Å². The largest absolute Gasteiger partial charge is 0.484 e. The fourth-order valence-corrected chi connectivity index (χ4v) is 4.86. The number of amides is 2. The Balaban J connectivity index is 1.06. The molecule has 2 saturated carbocycles. The van der Waals surface area contributed by atoms with Gasteiger partial charge in [0.2, 0.25) is 5.91 Å². The smallest absolute Gasteiger partial charge is 0.258 e. The second-order valence-corrected chi connectivity index (χ2v) is 9.28. The number of nitrogens with one attached hydrogen (secondary N) is 1. The van der Waals surface area contributed by atoms with E-state index >= 15 is 0 Å². The van der Waals surface area contributed by atoms with Crippen molar-refractivity contribution in [1.82, 2.24) is 10.2 Å². The Kier molecular flexibility index (Phi) is 5.11. The van der Waals surface area contributed by atoms with Crippen molar-refractivity contribution in [1.29, 1.82) is 0 Å². The van der Waals surface area contributed by atoms with Crippen LogP contribution in [0.1, 0.15) is 17.9 Å². The molecule has 30 heavy (non-hydrogen) atoms. The molecule has 5 rings (SSSR count). The molecule has 0 aromatic heterocycles. The van der Waals surface area contributed by atoms with Gasteiger partial charge in [-0.2, -0.15) is 0 Å². The van der Waals surface area contributed by atoms with Crippen LogP contribution >= 0.6 is 23.2 Å². The number of carbonyl (C=O) groups is 2. The van der Waals surface area contributed by atoms with Gasteiger partial charge in [0.25, 0.3) is 5.91 Å². The fourth-order valence-electron chi connectivity index (χ4n) is 4.61. The highest BCUT2D eigenvalue weighted by molar-refractivity contribution is 6.30. The Morgan fingerprint density at radius 3 is 2.20 bits per heavy atom. The van der Waals surface area contributed by atoms with E-state index in [1.54, 1.807) is 24.3 Å². The minimum absolute atomic E-state index is 0.0228. The molecule has 2 aromatic carbocycles. The molecular formula is C23H22Cl2N2O3. The number of benzene rings is 2. The molecule has 0 radical (unpaired) electrons. The second-order valence-electron chi connectivity index (χ2n) is 8.41. The lowest BCUT2D eigenvalue weighted by Crippen LogP contribution is -2.39. The summed E-state index contributed by atoms with van der Waals surface area (Å²) in [5, 5.41) is 4.38. The first-order valence-corrected chi connectivity index (χ1v) is 11.0. The van der Waals surface area contributed by atoms with Crippen LogP contribution in [0.2, 0.25) is 10.0 Å². The summed E-state index contributed by atoms with van der Waals surface area (Å²) in [4.78, 5) is 27.0. The third kappa shape index (κ3) is 4.01. The van der Waals surface area contributed by atoms with Gasteiger partial charge < -0.3 is 15.0 Å². The number of hydrogen-bond donors (Lipinski definition) is 1. The van der Waals surface area contributed by atoms with Crippen LogP contribution in [0.3, 0.4) is 0 Å². The number of carbonyl (C=O) groups excluding carboxylic acids is 2. The molecule has 5 atom stereocenters. The third-order valence-electron chi connectivity index (χ3n) is 6.42. The zero-order valence-corrected chi connectivity index (χ0v) is 17.8. The van der Waals surface area contributed by atoms with Crippen LogP contribution in [0, 0.1) is 17.8 Å². The van der Waals surface area contributed by atoms with Gasteiger partial charge in [-0.1, -0.05) is 35.3 Å². The number of rotatable bonds is 6. The SMILES string of the molecule is O=C(COc1ccc(Cl)cc1)N[C@@H]1[C@@H]2CN(C(=O)C3CC3c3ccc(Cl)cc3)C[C@@H]21. The summed E-state index contributed by atoms with van der Waals surface area (Å²) in [5.41, 5.74) is 1.19. The maximum absolute atomic E-state index is 12.8. The lowest BCUT2D eigenvalue weighted by molar-refractivity contribution is -0.132. The van der Waals surface area contributed by atoms with E-state index in [-0.39, 0.29) is 30.4 Å². The Morgan fingerprint density at radius 2 is 1.57 bits per heavy atom. The zero-order chi connectivity index (χ0) is 20.8. The summed E-state index contributed by atoms with van der Waals surface area (Å²) in [5.74, 6) is 1.85. The molecule has 0 spiro atoms. The predicted molar refractivity (Wildman–Crippen MR) is 115 cm³/mol. The number of ether oxygens (including phenoxy) is 1. The number of halogens is 2. The molecule has 1 N–H and O–H groups in total. The lowest BCUT2D eigenvalue weighted by Gasteiger charge is -2.20. The Bertz CT molecular complexity index is 951. The van der Waals surface area contributed by atoms with E-state index in [1.165, 1.54) is 5.56 Å². The molecule has 2 amide bonds. The Morgan fingerprint density at radius 1 is 0.967 bits per heavy atom. The highest BCUT2D eigenvalue weighted by Gasteiger charge is 2.59. The third-order valence-corrected chi connectivity index (χ3v) is 6.93. The predicted octanol–water partition coefficient (Wildman–Crippen LogP) is 3.75. The monoisotopic (exact) mass is 444 g/mol. The molecule has 3 aliphatic rings. The van der Waals surface area contributed by atoms with Gasteiger partial charge in [0.05, 0.1) is 0 Å². The van der Waals surface area contributed by atoms with E-state index in [0.29, 0.717) is 33.5 Å². The van der Waals surface area contributed by atoms with Crippen molar-refractivity contribution in [2.45, 2.75) is 18.4 Å². The molecule has 2 aromatic rings. The first-order valence-electron chi connectivity index (χ1n) is 10.2. The summed E-state index contributed by atoms with van der Waals surface area (Å²) < 4.78 is 5.49. The molecule has 0 bridgehead atoms. The lowest BCUT2D eigenvalue weighted by atomic mass is 10.1. The molecule has 2 unspecified atom stereocenters. The minimum Gasteiger partial charge on any atom is -0.484 e. The van der Waals surface area contributed by atoms with Gasteiger partial charge in [-0.3, -0.25) is 9.59 Å². The average Bonchev–Trinajstić information content (AvgIpc) is 3.62. The van der Waals surface area contributed by atoms with E-state index in [1.807, 2.05) is 29.2 Å². The normalized spacial score (nSPS) is 28.6. The first kappa shape index (κ1) is 19.7. The summed E-state index contributed by atoms with van der Waals surface area (Å²) in [6.07, 6.45) is 0.911. The van der Waals surface area contributed by atoms with Crippen molar-refractivity contribution < 1.29 is 14.3 Å². The zero-order valence-electron chi connectivity index (χ0n) is 16.3. The molecule has 7 heteroatoms. The number of piperidine rings is 1. The molecule has 3 fully saturated rings. The van der Waals surface area contributed by atoms with Crippen LogP contribution in [0.25, 0.3) is 0 Å². The number of likely N-dealkylation sites (tertiary alicyclic amines) is 1. The van der Waals surface area contributed by atoms with Crippen LogP contribution < -0.4 is 10.1 Å². The number of nitrogens with zero attached hydrogens (tertiary/aromatic N) is 1. The molecule has 1 aliphatic heterocycles. The van der Waals surface area contributed by atoms with Crippen LogP contribution in [0.5, 0.6) is 5.75 Å². The number of fused-ring (bicyclic) bond motifs is 1. The van der Waals surface area contributed by atoms with Gasteiger partial charge in [-0.25, -0.2) is 0 Å². The van der Waals surface area contributed by atoms with Gasteiger partial charge in [0, 0.05) is 46.9 Å². The van der Waals surface area contributed by atoms with Gasteiger partial charge in [-0.15, -0.1) is 0 Å². The highest BCUT2D eigenvalue weighted by Crippen LogP contribution is 2.51. The summed E-state index contributed by atoms with van der Waals surface area (Å²) in [6.45, 7) is 1.44. The van der Waals surface area contributed by atoms with Crippen LogP contribution in [0.4, 0.5) is 0 Å². The first-order chi connectivity index (χ1) is 14.5. The van der Waals surface area contributed by atoms with Crippen molar-refractivity contribution in [3.05, 3.63) is 64.1 Å². The summed E-state index contributed by atoms with van der Waals surface area (Å²) in [7, 11) is 0. The van der Waals surface area contributed by atoms with Crippen molar-refractivity contribution in [2.75, 3.05) is 19.7 Å². The van der Waals surface area contributed by atoms with Crippen LogP contribution in [0.15, 0.2) is 48.5 Å². The molecule has 2 aliphatic carbocycles. The van der Waals surface area contributed by atoms with E-state index in [4.69, 9.17) is 27.9 Å². The Labute approximate surface area is 185 Å². The summed E-state index contributed by atoms with van der Waals surface area (Å²) >= 11 is 11.8. The van der Waals surface area contributed by atoms with Crippen molar-refractivity contribution in [2.24, 2.45) is 17.8 Å². The van der Waals surface area contributed by atoms with E-state index in [0.717, 1.165) is 19.5 Å². The van der Waals surface area contributed by atoms with Crippen LogP contribution in [-0.4, -0.2) is 42.5 Å². The van der Waals surface area contributed by atoms with E-state index < -0.39 is 0 Å². The van der Waals surface area contributed by atoms with Gasteiger partial charge in [0.1, 0.15) is 5.75 Å². The number of hydrogen-bond acceptors (Lipinski definition) is 3. The average molecular weight is 445 g/mol. The molecule has 1 saturated heterocycles. The molecule has 5 nitrogen and oxygen atoms in total. The maximum Gasteiger partial charge on any atom is 0.258 e. The summed E-state index contributed by atoms with van der Waals surface area (Å²) in [6, 6.07) is 14.9. The van der Waals surface area contributed by atoms with Gasteiger partial charge in [-0.05, 0) is 54.3 Å². The minimum atomic E-state index is -0.132. The van der Waals surface area contributed by atoms with Crippen molar-refractivity contribution in [3.63, 3.8) is 0 Å². The second kappa shape index (κ2) is 7.78. The maximum atomic E-state index is 12.8.